The Morgan fingerprint density at radius 2 is 2.06 bits per heavy atom. The first-order valence-corrected chi connectivity index (χ1v) is 14.7. The maximum Gasteiger partial charge on any atom is 0.267 e. The summed E-state index contributed by atoms with van der Waals surface area (Å²) in [5.74, 6) is -0.327. The molecule has 0 saturated carbocycles. The van der Waals surface area contributed by atoms with Crippen molar-refractivity contribution < 1.29 is 21.6 Å². The third-order valence-electron chi connectivity index (χ3n) is 5.94. The first-order chi connectivity index (χ1) is 16.5. The number of benzene rings is 1. The molecule has 2 aromatic rings. The number of sulfonamides is 1. The van der Waals surface area contributed by atoms with Crippen molar-refractivity contribution in [2.24, 2.45) is 4.99 Å². The summed E-state index contributed by atoms with van der Waals surface area (Å²) in [6.45, 7) is 0.647. The maximum atomic E-state index is 13.4. The van der Waals surface area contributed by atoms with Crippen LogP contribution in [0.25, 0.3) is 0 Å². The zero-order valence-electron chi connectivity index (χ0n) is 18.9. The Labute approximate surface area is 208 Å². The van der Waals surface area contributed by atoms with E-state index in [1.54, 1.807) is 23.1 Å². The van der Waals surface area contributed by atoms with Crippen LogP contribution in [0.3, 0.4) is 0 Å². The minimum Gasteiger partial charge on any atom is -0.350 e. The number of amides is 1. The van der Waals surface area contributed by atoms with Gasteiger partial charge >= 0.3 is 0 Å². The standard InChI is InChI=1S/C22H23N5O5S3/c1-26(18-9-12-27(21(18)28)15-17-6-3-5-16(13-17)14-23)35(31,32)20-8-7-19(33-20)22(34(2,29)30)24-10-4-11-25-22/h3-8,10-11,13,18,24H,9,12,15H2,1-2H3/t18-,22?/m0/s1. The van der Waals surface area contributed by atoms with Crippen LogP contribution in [0.5, 0.6) is 0 Å². The Kier molecular flexibility index (Phi) is 6.58. The highest BCUT2D eigenvalue weighted by molar-refractivity contribution is 7.92. The fourth-order valence-corrected chi connectivity index (χ4v) is 8.42. The van der Waals surface area contributed by atoms with Gasteiger partial charge < -0.3 is 10.2 Å². The summed E-state index contributed by atoms with van der Waals surface area (Å²) in [5, 5.41) is 11.8. The van der Waals surface area contributed by atoms with Crippen molar-refractivity contribution in [2.75, 3.05) is 19.8 Å². The molecule has 0 spiro atoms. The van der Waals surface area contributed by atoms with Gasteiger partial charge in [0.05, 0.1) is 16.5 Å². The van der Waals surface area contributed by atoms with Crippen LogP contribution < -0.4 is 5.32 Å². The summed E-state index contributed by atoms with van der Waals surface area (Å²) < 4.78 is 52.8. The van der Waals surface area contributed by atoms with Gasteiger partial charge in [-0.25, -0.2) is 21.8 Å². The number of rotatable bonds is 7. The molecule has 0 bridgehead atoms. The normalized spacial score (nSPS) is 22.4. The average Bonchev–Trinajstić information content (AvgIpc) is 3.47. The Balaban J connectivity index is 1.55. The van der Waals surface area contributed by atoms with Crippen LogP contribution in [0.4, 0.5) is 0 Å². The molecule has 2 atom stereocenters. The summed E-state index contributed by atoms with van der Waals surface area (Å²) in [5.41, 5.74) is 1.27. The van der Waals surface area contributed by atoms with Crippen LogP contribution in [-0.4, -0.2) is 64.1 Å². The number of nitrogens with zero attached hydrogens (tertiary/aromatic N) is 4. The lowest BCUT2D eigenvalue weighted by atomic mass is 10.1. The first-order valence-electron chi connectivity index (χ1n) is 10.5. The van der Waals surface area contributed by atoms with E-state index < -0.39 is 30.9 Å². The fourth-order valence-electron chi connectivity index (χ4n) is 4.04. The number of carbonyl (C=O) groups is 1. The van der Waals surface area contributed by atoms with E-state index >= 15 is 0 Å². The van der Waals surface area contributed by atoms with Crippen LogP contribution in [0, 0.1) is 11.3 Å². The molecule has 1 saturated heterocycles. The van der Waals surface area contributed by atoms with Crippen molar-refractivity contribution >= 4 is 43.3 Å². The summed E-state index contributed by atoms with van der Waals surface area (Å²) in [6.07, 6.45) is 5.65. The largest absolute Gasteiger partial charge is 0.350 e. The zero-order valence-corrected chi connectivity index (χ0v) is 21.4. The fraction of sp³-hybridized carbons (Fsp3) is 0.318. The molecule has 2 aliphatic rings. The Hall–Kier alpha value is -3.05. The van der Waals surface area contributed by atoms with Crippen molar-refractivity contribution in [3.63, 3.8) is 0 Å². The number of nitriles is 1. The SMILES string of the molecule is CN([C@H]1CCN(Cc2cccc(C#N)c2)C1=O)S(=O)(=O)c1ccc(C2(S(C)(=O)=O)N=CC=CN2)s1. The molecule has 1 unspecified atom stereocenters. The van der Waals surface area contributed by atoms with Gasteiger partial charge in [-0.2, -0.15) is 9.57 Å². The second-order valence-electron chi connectivity index (χ2n) is 8.21. The number of sulfone groups is 1. The molecule has 184 valence electrons. The van der Waals surface area contributed by atoms with Crippen molar-refractivity contribution in [2.45, 2.75) is 28.2 Å². The molecule has 13 heteroatoms. The number of allylic oxidation sites excluding steroid dienone is 1. The van der Waals surface area contributed by atoms with E-state index in [0.717, 1.165) is 27.5 Å². The quantitative estimate of drug-likeness (QED) is 0.567. The molecule has 10 nitrogen and oxygen atoms in total. The van der Waals surface area contributed by atoms with Gasteiger partial charge in [0.2, 0.25) is 5.91 Å². The van der Waals surface area contributed by atoms with E-state index in [-0.39, 0.29) is 21.5 Å². The number of hydrogen-bond acceptors (Lipinski definition) is 9. The second kappa shape index (κ2) is 9.19. The number of nitrogens with one attached hydrogen (secondary N) is 1. The third-order valence-corrected chi connectivity index (χ3v) is 11.1. The van der Waals surface area contributed by atoms with E-state index in [4.69, 9.17) is 5.26 Å². The van der Waals surface area contributed by atoms with Crippen LogP contribution >= 0.6 is 11.3 Å². The summed E-state index contributed by atoms with van der Waals surface area (Å²) in [6, 6.07) is 10.8. The van der Waals surface area contributed by atoms with Crippen molar-refractivity contribution in [1.29, 1.82) is 5.26 Å². The highest BCUT2D eigenvalue weighted by atomic mass is 32.2. The average molecular weight is 534 g/mol. The molecule has 1 aromatic carbocycles. The van der Waals surface area contributed by atoms with E-state index in [9.17, 15) is 21.6 Å². The van der Waals surface area contributed by atoms with Gasteiger partial charge in [-0.05, 0) is 42.3 Å². The molecule has 1 amide bonds. The highest BCUT2D eigenvalue weighted by Gasteiger charge is 2.45. The lowest BCUT2D eigenvalue weighted by Crippen LogP contribution is -2.45. The Morgan fingerprint density at radius 1 is 1.29 bits per heavy atom. The maximum absolute atomic E-state index is 13.4. The van der Waals surface area contributed by atoms with Gasteiger partial charge in [-0.3, -0.25) is 4.79 Å². The van der Waals surface area contributed by atoms with E-state index in [2.05, 4.69) is 16.4 Å². The van der Waals surface area contributed by atoms with Gasteiger partial charge in [-0.1, -0.05) is 12.1 Å². The van der Waals surface area contributed by atoms with Gasteiger partial charge in [-0.15, -0.1) is 11.3 Å². The number of thiophene rings is 1. The monoisotopic (exact) mass is 533 g/mol. The number of hydrogen-bond donors (Lipinski definition) is 1. The van der Waals surface area contributed by atoms with E-state index in [0.29, 0.717) is 18.5 Å². The van der Waals surface area contributed by atoms with Gasteiger partial charge in [0, 0.05) is 38.8 Å². The second-order valence-corrected chi connectivity index (χ2v) is 13.7. The van der Waals surface area contributed by atoms with E-state index in [1.807, 2.05) is 6.07 Å². The smallest absolute Gasteiger partial charge is 0.267 e. The minimum absolute atomic E-state index is 0.0856. The van der Waals surface area contributed by atoms with Crippen molar-refractivity contribution in [3.8, 4) is 6.07 Å². The van der Waals surface area contributed by atoms with Gasteiger partial charge in [0.15, 0.2) is 9.84 Å². The lowest BCUT2D eigenvalue weighted by Gasteiger charge is -2.28. The summed E-state index contributed by atoms with van der Waals surface area (Å²) in [7, 11) is -6.53. The third kappa shape index (κ3) is 4.50. The van der Waals surface area contributed by atoms with Crippen LogP contribution in [0.2, 0.25) is 0 Å². The van der Waals surface area contributed by atoms with Gasteiger partial charge in [0.1, 0.15) is 10.3 Å². The molecule has 35 heavy (non-hydrogen) atoms. The zero-order chi connectivity index (χ0) is 25.4. The molecule has 1 N–H and O–H groups in total. The highest BCUT2D eigenvalue weighted by Crippen LogP contribution is 2.38. The number of likely N-dealkylation sites (tertiary alicyclic amines) is 1. The predicted molar refractivity (Wildman–Crippen MR) is 132 cm³/mol. The number of carbonyl (C=O) groups excluding carboxylic acids is 1. The molecular formula is C22H23N5O5S3. The van der Waals surface area contributed by atoms with Crippen LogP contribution in [0.15, 0.2) is 57.9 Å². The summed E-state index contributed by atoms with van der Waals surface area (Å²) in [4.78, 5) is 17.1. The Bertz CT molecular complexity index is 1470. The summed E-state index contributed by atoms with van der Waals surface area (Å²) >= 11 is 0.793. The molecule has 1 fully saturated rings. The minimum atomic E-state index is -4.08. The van der Waals surface area contributed by atoms with E-state index in [1.165, 1.54) is 37.7 Å². The van der Waals surface area contributed by atoms with Gasteiger partial charge in [0.25, 0.3) is 15.0 Å². The molecule has 1 aromatic heterocycles. The lowest BCUT2D eigenvalue weighted by molar-refractivity contribution is -0.131. The molecule has 4 rings (SSSR count). The Morgan fingerprint density at radius 3 is 2.71 bits per heavy atom. The molecule has 3 heterocycles. The molecule has 2 aliphatic heterocycles. The molecule has 0 radical (unpaired) electrons. The first kappa shape index (κ1) is 25.1. The van der Waals surface area contributed by atoms with Crippen LogP contribution in [0.1, 0.15) is 22.4 Å². The molecular weight excluding hydrogens is 510 g/mol. The topological polar surface area (TPSA) is 140 Å². The number of likely N-dealkylation sites (N-methyl/N-ethyl adjacent to an activating group) is 1. The predicted octanol–water partition coefficient (Wildman–Crippen LogP) is 1.38. The van der Waals surface area contributed by atoms with Crippen LogP contribution in [-0.2, 0) is 36.2 Å². The van der Waals surface area contributed by atoms with Crippen molar-refractivity contribution in [3.05, 3.63) is 64.7 Å². The van der Waals surface area contributed by atoms with Crippen molar-refractivity contribution in [1.82, 2.24) is 14.5 Å². The molecule has 0 aliphatic carbocycles. The number of aliphatic imine (C=N–C) groups is 1.